The molecule has 0 fully saturated rings. The highest BCUT2D eigenvalue weighted by molar-refractivity contribution is 6.31. The van der Waals surface area contributed by atoms with E-state index in [1.165, 1.54) is 7.11 Å². The normalized spacial score (nSPS) is 12.1. The van der Waals surface area contributed by atoms with Crippen molar-refractivity contribution in [3.8, 4) is 0 Å². The van der Waals surface area contributed by atoms with Crippen molar-refractivity contribution >= 4 is 17.7 Å². The van der Waals surface area contributed by atoms with Crippen LogP contribution in [0.5, 0.6) is 0 Å². The maximum atomic E-state index is 10.7. The van der Waals surface area contributed by atoms with Crippen molar-refractivity contribution < 1.29 is 14.3 Å². The molecule has 82 valence electrons. The minimum atomic E-state index is -0.850. The molecule has 4 nitrogen and oxygen atoms in total. The van der Waals surface area contributed by atoms with Crippen LogP contribution in [0.4, 0.5) is 4.79 Å². The van der Waals surface area contributed by atoms with Crippen molar-refractivity contribution in [3.63, 3.8) is 0 Å². The maximum absolute atomic E-state index is 10.7. The second kappa shape index (κ2) is 5.58. The van der Waals surface area contributed by atoms with Gasteiger partial charge in [0.15, 0.2) is 6.10 Å². The van der Waals surface area contributed by atoms with Crippen LogP contribution in [0.15, 0.2) is 24.3 Å². The van der Waals surface area contributed by atoms with Crippen molar-refractivity contribution in [2.75, 3.05) is 13.7 Å². The Hall–Kier alpha value is -1.26. The average Bonchev–Trinajstić information content (AvgIpc) is 2.17. The third-order valence-corrected chi connectivity index (χ3v) is 2.17. The second-order valence-electron chi connectivity index (χ2n) is 2.90. The molecule has 1 amide bonds. The zero-order valence-electron chi connectivity index (χ0n) is 8.27. The van der Waals surface area contributed by atoms with E-state index < -0.39 is 12.2 Å². The van der Waals surface area contributed by atoms with Crippen LogP contribution in [0, 0.1) is 0 Å². The fourth-order valence-corrected chi connectivity index (χ4v) is 1.47. The van der Waals surface area contributed by atoms with Gasteiger partial charge in [0, 0.05) is 17.7 Å². The lowest BCUT2D eigenvalue weighted by atomic mass is 10.1. The molecule has 1 aromatic carbocycles. The van der Waals surface area contributed by atoms with E-state index in [1.807, 2.05) is 0 Å². The van der Waals surface area contributed by atoms with E-state index in [9.17, 15) is 4.79 Å². The van der Waals surface area contributed by atoms with Gasteiger partial charge in [0.25, 0.3) is 0 Å². The first-order valence-corrected chi connectivity index (χ1v) is 4.72. The standard InChI is InChI=1S/C10H12ClNO3/c1-14-6-9(15-10(12)13)7-4-2-3-5-8(7)11/h2-5,9H,6H2,1H3,(H2,12,13)/t9-/m1/s1. The number of ether oxygens (including phenoxy) is 2. The number of amides is 1. The highest BCUT2D eigenvalue weighted by Crippen LogP contribution is 2.25. The molecule has 1 aromatic rings. The predicted molar refractivity (Wildman–Crippen MR) is 56.7 cm³/mol. The number of carbonyl (C=O) groups excluding carboxylic acids is 1. The summed E-state index contributed by atoms with van der Waals surface area (Å²) < 4.78 is 9.81. The topological polar surface area (TPSA) is 61.6 Å². The number of benzene rings is 1. The Kier molecular flexibility index (Phi) is 4.39. The summed E-state index contributed by atoms with van der Waals surface area (Å²) in [6.45, 7) is 0.215. The fraction of sp³-hybridized carbons (Fsp3) is 0.300. The van der Waals surface area contributed by atoms with E-state index >= 15 is 0 Å². The van der Waals surface area contributed by atoms with Crippen LogP contribution in [0.3, 0.4) is 0 Å². The summed E-state index contributed by atoms with van der Waals surface area (Å²) in [5.74, 6) is 0. The number of halogens is 1. The van der Waals surface area contributed by atoms with Gasteiger partial charge >= 0.3 is 6.09 Å². The zero-order chi connectivity index (χ0) is 11.3. The molecule has 0 aromatic heterocycles. The summed E-state index contributed by atoms with van der Waals surface area (Å²) in [4.78, 5) is 10.7. The Bertz CT molecular complexity index is 343. The first-order valence-electron chi connectivity index (χ1n) is 4.34. The molecule has 0 saturated heterocycles. The monoisotopic (exact) mass is 229 g/mol. The van der Waals surface area contributed by atoms with Crippen LogP contribution in [0.25, 0.3) is 0 Å². The van der Waals surface area contributed by atoms with E-state index in [0.29, 0.717) is 10.6 Å². The Balaban J connectivity index is 2.88. The quantitative estimate of drug-likeness (QED) is 0.860. The summed E-state index contributed by atoms with van der Waals surface area (Å²) in [7, 11) is 1.51. The molecule has 15 heavy (non-hydrogen) atoms. The molecule has 1 rings (SSSR count). The van der Waals surface area contributed by atoms with Gasteiger partial charge in [0.2, 0.25) is 0 Å². The molecule has 0 heterocycles. The van der Waals surface area contributed by atoms with E-state index in [0.717, 1.165) is 0 Å². The van der Waals surface area contributed by atoms with Crippen LogP contribution in [0.1, 0.15) is 11.7 Å². The van der Waals surface area contributed by atoms with Crippen LogP contribution in [-0.4, -0.2) is 19.8 Å². The number of hydrogen-bond donors (Lipinski definition) is 1. The van der Waals surface area contributed by atoms with Crippen LogP contribution in [-0.2, 0) is 9.47 Å². The van der Waals surface area contributed by atoms with Crippen molar-refractivity contribution in [2.45, 2.75) is 6.10 Å². The summed E-state index contributed by atoms with van der Waals surface area (Å²) >= 11 is 5.95. The highest BCUT2D eigenvalue weighted by Gasteiger charge is 2.17. The average molecular weight is 230 g/mol. The van der Waals surface area contributed by atoms with Crippen molar-refractivity contribution in [2.24, 2.45) is 5.73 Å². The lowest BCUT2D eigenvalue weighted by molar-refractivity contribution is 0.0433. The molecule has 0 bridgehead atoms. The lowest BCUT2D eigenvalue weighted by Crippen LogP contribution is -2.20. The largest absolute Gasteiger partial charge is 0.439 e. The van der Waals surface area contributed by atoms with E-state index in [2.05, 4.69) is 0 Å². The van der Waals surface area contributed by atoms with E-state index in [-0.39, 0.29) is 6.61 Å². The molecular weight excluding hydrogens is 218 g/mol. The van der Waals surface area contributed by atoms with Gasteiger partial charge in [-0.2, -0.15) is 0 Å². The van der Waals surface area contributed by atoms with Gasteiger partial charge in [0.05, 0.1) is 6.61 Å². The lowest BCUT2D eigenvalue weighted by Gasteiger charge is -2.16. The van der Waals surface area contributed by atoms with Crippen LogP contribution >= 0.6 is 11.6 Å². The summed E-state index contributed by atoms with van der Waals surface area (Å²) in [6, 6.07) is 7.06. The Morgan fingerprint density at radius 3 is 2.73 bits per heavy atom. The summed E-state index contributed by atoms with van der Waals surface area (Å²) in [5.41, 5.74) is 5.63. The zero-order valence-corrected chi connectivity index (χ0v) is 9.03. The van der Waals surface area contributed by atoms with Crippen LogP contribution < -0.4 is 5.73 Å². The number of methoxy groups -OCH3 is 1. The van der Waals surface area contributed by atoms with Crippen LogP contribution in [0.2, 0.25) is 5.02 Å². The fourth-order valence-electron chi connectivity index (χ4n) is 1.22. The molecule has 0 spiro atoms. The number of nitrogens with two attached hydrogens (primary N) is 1. The van der Waals surface area contributed by atoms with Gasteiger partial charge in [-0.25, -0.2) is 4.79 Å². The van der Waals surface area contributed by atoms with Gasteiger partial charge in [-0.3, -0.25) is 0 Å². The van der Waals surface area contributed by atoms with Gasteiger partial charge in [-0.05, 0) is 6.07 Å². The molecule has 0 aliphatic rings. The summed E-state index contributed by atoms with van der Waals surface area (Å²) in [6.07, 6.45) is -1.42. The molecule has 1 atom stereocenters. The first kappa shape index (κ1) is 11.8. The van der Waals surface area contributed by atoms with Gasteiger partial charge in [0.1, 0.15) is 0 Å². The Morgan fingerprint density at radius 1 is 1.53 bits per heavy atom. The summed E-state index contributed by atoms with van der Waals surface area (Å²) in [5, 5.41) is 0.515. The first-order chi connectivity index (χ1) is 7.15. The molecule has 0 saturated carbocycles. The maximum Gasteiger partial charge on any atom is 0.405 e. The molecule has 0 radical (unpaired) electrons. The van der Waals surface area contributed by atoms with E-state index in [4.69, 9.17) is 26.8 Å². The number of carbonyl (C=O) groups is 1. The van der Waals surface area contributed by atoms with Gasteiger partial charge in [-0.15, -0.1) is 0 Å². The molecule has 2 N–H and O–H groups in total. The minimum Gasteiger partial charge on any atom is -0.439 e. The SMILES string of the molecule is COC[C@@H](OC(N)=O)c1ccccc1Cl. The molecule has 5 heteroatoms. The molecule has 0 aliphatic heterocycles. The Morgan fingerprint density at radius 2 is 2.20 bits per heavy atom. The molecule has 0 aliphatic carbocycles. The smallest absolute Gasteiger partial charge is 0.405 e. The van der Waals surface area contributed by atoms with Crippen molar-refractivity contribution in [1.29, 1.82) is 0 Å². The van der Waals surface area contributed by atoms with Gasteiger partial charge < -0.3 is 15.2 Å². The number of rotatable bonds is 4. The van der Waals surface area contributed by atoms with E-state index in [1.54, 1.807) is 24.3 Å². The predicted octanol–water partition coefficient (Wildman–Crippen LogP) is 2.12. The minimum absolute atomic E-state index is 0.215. The number of hydrogen-bond acceptors (Lipinski definition) is 3. The number of primary amides is 1. The third-order valence-electron chi connectivity index (χ3n) is 1.83. The van der Waals surface area contributed by atoms with Gasteiger partial charge in [-0.1, -0.05) is 29.8 Å². The second-order valence-corrected chi connectivity index (χ2v) is 3.31. The Labute approximate surface area is 92.9 Å². The van der Waals surface area contributed by atoms with Crippen molar-refractivity contribution in [3.05, 3.63) is 34.9 Å². The third kappa shape index (κ3) is 3.42. The van der Waals surface area contributed by atoms with Crippen molar-refractivity contribution in [1.82, 2.24) is 0 Å². The molecular formula is C10H12ClNO3. The molecule has 0 unspecified atom stereocenters. The highest BCUT2D eigenvalue weighted by atomic mass is 35.5.